The Bertz CT molecular complexity index is 422. The lowest BCUT2D eigenvalue weighted by Gasteiger charge is -2.14. The van der Waals surface area contributed by atoms with Gasteiger partial charge in [-0.25, -0.2) is 0 Å². The van der Waals surface area contributed by atoms with E-state index in [-0.39, 0.29) is 0 Å². The van der Waals surface area contributed by atoms with Gasteiger partial charge in [-0.15, -0.1) is 0 Å². The van der Waals surface area contributed by atoms with Gasteiger partial charge in [0.05, 0.1) is 0 Å². The van der Waals surface area contributed by atoms with Crippen LogP contribution in [0.2, 0.25) is 0 Å². The lowest BCUT2D eigenvalue weighted by Crippen LogP contribution is -2.02. The van der Waals surface area contributed by atoms with Gasteiger partial charge in [-0.1, -0.05) is 43.4 Å². The molecule has 0 fully saturated rings. The van der Waals surface area contributed by atoms with Crippen molar-refractivity contribution in [2.24, 2.45) is 5.92 Å². The lowest BCUT2D eigenvalue weighted by molar-refractivity contribution is 0.691. The van der Waals surface area contributed by atoms with Crippen LogP contribution >= 0.6 is 0 Å². The fourth-order valence-corrected chi connectivity index (χ4v) is 2.14. The molecule has 0 radical (unpaired) electrons. The SMILES string of the molecule is C/C=C\C(=C/C)C(C)Cc1ccc(C)c(C)c1. The quantitative estimate of drug-likeness (QED) is 0.636. The molecule has 0 aliphatic carbocycles. The summed E-state index contributed by atoms with van der Waals surface area (Å²) in [5.74, 6) is 0.582. The minimum atomic E-state index is 0.582. The third-order valence-electron chi connectivity index (χ3n) is 3.37. The standard InChI is InChI=1S/C17H24/c1-6-8-17(7-2)15(5)12-16-10-9-13(3)14(4)11-16/h6-11,15H,12H2,1-5H3/b8-6-,17-7+. The van der Waals surface area contributed by atoms with E-state index < -0.39 is 0 Å². The van der Waals surface area contributed by atoms with E-state index in [1.165, 1.54) is 22.3 Å². The predicted octanol–water partition coefficient (Wildman–Crippen LogP) is 5.00. The summed E-state index contributed by atoms with van der Waals surface area (Å²) < 4.78 is 0. The van der Waals surface area contributed by atoms with E-state index in [2.05, 4.69) is 71.0 Å². The van der Waals surface area contributed by atoms with Gasteiger partial charge < -0.3 is 0 Å². The van der Waals surface area contributed by atoms with Gasteiger partial charge in [0.15, 0.2) is 0 Å². The van der Waals surface area contributed by atoms with Crippen LogP contribution in [0.25, 0.3) is 0 Å². The molecule has 0 spiro atoms. The van der Waals surface area contributed by atoms with Crippen LogP contribution in [-0.2, 0) is 6.42 Å². The number of benzene rings is 1. The van der Waals surface area contributed by atoms with E-state index >= 15 is 0 Å². The van der Waals surface area contributed by atoms with Crippen LogP contribution in [0.15, 0.2) is 42.0 Å². The summed E-state index contributed by atoms with van der Waals surface area (Å²) in [6.45, 7) is 10.8. The first-order chi connectivity index (χ1) is 8.08. The summed E-state index contributed by atoms with van der Waals surface area (Å²) in [5, 5.41) is 0. The molecule has 1 atom stereocenters. The molecule has 1 unspecified atom stereocenters. The third-order valence-corrected chi connectivity index (χ3v) is 3.37. The number of allylic oxidation sites excluding steroid dienone is 4. The first-order valence-electron chi connectivity index (χ1n) is 6.43. The van der Waals surface area contributed by atoms with Crippen LogP contribution < -0.4 is 0 Å². The van der Waals surface area contributed by atoms with Crippen LogP contribution in [0.1, 0.15) is 37.5 Å². The molecule has 0 nitrogen and oxygen atoms in total. The highest BCUT2D eigenvalue weighted by atomic mass is 14.1. The van der Waals surface area contributed by atoms with Gasteiger partial charge in [0.25, 0.3) is 0 Å². The highest BCUT2D eigenvalue weighted by molar-refractivity contribution is 5.31. The average molecular weight is 228 g/mol. The van der Waals surface area contributed by atoms with Crippen LogP contribution in [0, 0.1) is 19.8 Å². The maximum Gasteiger partial charge on any atom is -0.0153 e. The van der Waals surface area contributed by atoms with Crippen molar-refractivity contribution >= 4 is 0 Å². The van der Waals surface area contributed by atoms with Crippen molar-refractivity contribution in [3.05, 3.63) is 58.7 Å². The Labute approximate surface area is 106 Å². The summed E-state index contributed by atoms with van der Waals surface area (Å²) in [4.78, 5) is 0. The van der Waals surface area contributed by atoms with Gasteiger partial charge in [0.2, 0.25) is 0 Å². The molecule has 1 aromatic carbocycles. The van der Waals surface area contributed by atoms with Gasteiger partial charge in [0, 0.05) is 0 Å². The molecule has 0 heterocycles. The Morgan fingerprint density at radius 2 is 1.88 bits per heavy atom. The van der Waals surface area contributed by atoms with E-state index in [1.807, 2.05) is 0 Å². The molecule has 0 N–H and O–H groups in total. The molecule has 0 aliphatic rings. The maximum atomic E-state index is 2.31. The van der Waals surface area contributed by atoms with Crippen LogP contribution in [0.5, 0.6) is 0 Å². The second-order valence-electron chi connectivity index (χ2n) is 4.81. The Balaban J connectivity index is 2.80. The van der Waals surface area contributed by atoms with E-state index in [0.29, 0.717) is 5.92 Å². The van der Waals surface area contributed by atoms with Gasteiger partial charge in [-0.2, -0.15) is 0 Å². The van der Waals surface area contributed by atoms with E-state index in [0.717, 1.165) is 6.42 Å². The molecular weight excluding hydrogens is 204 g/mol. The van der Waals surface area contributed by atoms with E-state index in [9.17, 15) is 0 Å². The summed E-state index contributed by atoms with van der Waals surface area (Å²) in [6.07, 6.45) is 7.66. The zero-order valence-electron chi connectivity index (χ0n) is 11.7. The van der Waals surface area contributed by atoms with Crippen molar-refractivity contribution in [2.75, 3.05) is 0 Å². The summed E-state index contributed by atoms with van der Waals surface area (Å²) in [6, 6.07) is 6.79. The molecule has 0 aromatic heterocycles. The monoisotopic (exact) mass is 228 g/mol. The smallest absolute Gasteiger partial charge is 0.0153 e. The molecule has 17 heavy (non-hydrogen) atoms. The molecule has 0 aliphatic heterocycles. The molecule has 0 saturated heterocycles. The van der Waals surface area contributed by atoms with Crippen LogP contribution in [0.3, 0.4) is 0 Å². The second-order valence-corrected chi connectivity index (χ2v) is 4.81. The number of hydrogen-bond acceptors (Lipinski definition) is 0. The number of rotatable bonds is 4. The molecule has 0 saturated carbocycles. The van der Waals surface area contributed by atoms with E-state index in [4.69, 9.17) is 0 Å². The lowest BCUT2D eigenvalue weighted by atomic mass is 9.92. The van der Waals surface area contributed by atoms with Crippen molar-refractivity contribution in [1.29, 1.82) is 0 Å². The highest BCUT2D eigenvalue weighted by Gasteiger charge is 2.07. The number of aryl methyl sites for hydroxylation is 2. The fraction of sp³-hybridized carbons (Fsp3) is 0.412. The average Bonchev–Trinajstić information content (AvgIpc) is 2.30. The molecular formula is C17H24. The van der Waals surface area contributed by atoms with E-state index in [1.54, 1.807) is 0 Å². The highest BCUT2D eigenvalue weighted by Crippen LogP contribution is 2.19. The minimum absolute atomic E-state index is 0.582. The van der Waals surface area contributed by atoms with Crippen molar-refractivity contribution in [3.63, 3.8) is 0 Å². The summed E-state index contributed by atoms with van der Waals surface area (Å²) in [7, 11) is 0. The van der Waals surface area contributed by atoms with Gasteiger partial charge in [-0.3, -0.25) is 0 Å². The zero-order chi connectivity index (χ0) is 12.8. The molecule has 0 heteroatoms. The first kappa shape index (κ1) is 13.8. The molecule has 0 amide bonds. The maximum absolute atomic E-state index is 2.31. The summed E-state index contributed by atoms with van der Waals surface area (Å²) in [5.41, 5.74) is 5.62. The van der Waals surface area contributed by atoms with Crippen molar-refractivity contribution in [2.45, 2.75) is 41.0 Å². The Kier molecular flexibility index (Phi) is 5.21. The van der Waals surface area contributed by atoms with Crippen LogP contribution in [-0.4, -0.2) is 0 Å². The second kappa shape index (κ2) is 6.44. The molecule has 1 rings (SSSR count). The Morgan fingerprint density at radius 3 is 2.41 bits per heavy atom. The third kappa shape index (κ3) is 3.89. The Morgan fingerprint density at radius 1 is 1.18 bits per heavy atom. The molecule has 1 aromatic rings. The molecule has 92 valence electrons. The van der Waals surface area contributed by atoms with Crippen molar-refractivity contribution in [1.82, 2.24) is 0 Å². The zero-order valence-corrected chi connectivity index (χ0v) is 11.7. The fourth-order valence-electron chi connectivity index (χ4n) is 2.14. The number of hydrogen-bond donors (Lipinski definition) is 0. The van der Waals surface area contributed by atoms with Gasteiger partial charge >= 0.3 is 0 Å². The first-order valence-corrected chi connectivity index (χ1v) is 6.43. The summed E-state index contributed by atoms with van der Waals surface area (Å²) >= 11 is 0. The topological polar surface area (TPSA) is 0 Å². The van der Waals surface area contributed by atoms with Crippen molar-refractivity contribution < 1.29 is 0 Å². The Hall–Kier alpha value is -1.30. The van der Waals surface area contributed by atoms with Gasteiger partial charge in [0.1, 0.15) is 0 Å². The largest absolute Gasteiger partial charge is 0.0874 e. The minimum Gasteiger partial charge on any atom is -0.0874 e. The predicted molar refractivity (Wildman–Crippen MR) is 77.4 cm³/mol. The van der Waals surface area contributed by atoms with Crippen LogP contribution in [0.4, 0.5) is 0 Å². The molecule has 0 bridgehead atoms. The normalized spacial score (nSPS) is 14.3. The van der Waals surface area contributed by atoms with Crippen molar-refractivity contribution in [3.8, 4) is 0 Å². The van der Waals surface area contributed by atoms with Gasteiger partial charge in [-0.05, 0) is 62.3 Å².